The van der Waals surface area contributed by atoms with Crippen molar-refractivity contribution >= 4 is 5.78 Å². The van der Waals surface area contributed by atoms with Crippen LogP contribution in [0.5, 0.6) is 0 Å². The van der Waals surface area contributed by atoms with Crippen LogP contribution in [0.2, 0.25) is 0 Å². The molecule has 1 unspecified atom stereocenters. The standard InChI is InChI=1S/C13H17NO/c1-9-2-4-11(5-3-9)13(15)8-12(14)10-6-7-10/h2-5,10,12H,6-8,14H2,1H3. The van der Waals surface area contributed by atoms with Crippen molar-refractivity contribution in [2.45, 2.75) is 32.2 Å². The molecule has 0 spiro atoms. The molecule has 0 aliphatic heterocycles. The minimum absolute atomic E-state index is 0.0683. The van der Waals surface area contributed by atoms with Crippen molar-refractivity contribution in [3.8, 4) is 0 Å². The van der Waals surface area contributed by atoms with E-state index in [1.165, 1.54) is 18.4 Å². The summed E-state index contributed by atoms with van der Waals surface area (Å²) in [5.41, 5.74) is 7.89. The quantitative estimate of drug-likeness (QED) is 0.763. The fourth-order valence-corrected chi connectivity index (χ4v) is 1.76. The highest BCUT2D eigenvalue weighted by Crippen LogP contribution is 2.33. The lowest BCUT2D eigenvalue weighted by atomic mass is 10.0. The van der Waals surface area contributed by atoms with Crippen molar-refractivity contribution in [1.29, 1.82) is 0 Å². The number of carbonyl (C=O) groups is 1. The molecule has 2 heteroatoms. The first-order chi connectivity index (χ1) is 7.16. The second-order valence-electron chi connectivity index (χ2n) is 4.49. The molecule has 80 valence electrons. The molecule has 0 bridgehead atoms. The van der Waals surface area contributed by atoms with Gasteiger partial charge in [-0.05, 0) is 25.7 Å². The summed E-state index contributed by atoms with van der Waals surface area (Å²) in [6.45, 7) is 2.02. The zero-order valence-electron chi connectivity index (χ0n) is 9.07. The second-order valence-corrected chi connectivity index (χ2v) is 4.49. The van der Waals surface area contributed by atoms with Crippen molar-refractivity contribution in [1.82, 2.24) is 0 Å². The zero-order chi connectivity index (χ0) is 10.8. The number of hydrogen-bond acceptors (Lipinski definition) is 2. The van der Waals surface area contributed by atoms with Gasteiger partial charge in [-0.1, -0.05) is 29.8 Å². The summed E-state index contributed by atoms with van der Waals surface area (Å²) in [4.78, 5) is 11.8. The molecule has 2 nitrogen and oxygen atoms in total. The molecule has 2 rings (SSSR count). The molecular formula is C13H17NO. The maximum Gasteiger partial charge on any atom is 0.164 e. The van der Waals surface area contributed by atoms with Crippen molar-refractivity contribution < 1.29 is 4.79 Å². The van der Waals surface area contributed by atoms with Crippen LogP contribution in [0, 0.1) is 12.8 Å². The van der Waals surface area contributed by atoms with Gasteiger partial charge in [-0.25, -0.2) is 0 Å². The van der Waals surface area contributed by atoms with Crippen LogP contribution in [0.1, 0.15) is 35.2 Å². The third-order valence-electron chi connectivity index (χ3n) is 3.02. The highest BCUT2D eigenvalue weighted by Gasteiger charge is 2.29. The van der Waals surface area contributed by atoms with Gasteiger partial charge < -0.3 is 5.73 Å². The van der Waals surface area contributed by atoms with Gasteiger partial charge in [0.2, 0.25) is 0 Å². The molecule has 0 heterocycles. The Labute approximate surface area is 90.5 Å². The van der Waals surface area contributed by atoms with E-state index in [1.54, 1.807) is 0 Å². The van der Waals surface area contributed by atoms with Gasteiger partial charge in [-0.15, -0.1) is 0 Å². The van der Waals surface area contributed by atoms with Gasteiger partial charge in [-0.3, -0.25) is 4.79 Å². The van der Waals surface area contributed by atoms with E-state index < -0.39 is 0 Å². The first-order valence-corrected chi connectivity index (χ1v) is 5.52. The summed E-state index contributed by atoms with van der Waals surface area (Å²) in [6, 6.07) is 7.78. The molecule has 0 amide bonds. The first-order valence-electron chi connectivity index (χ1n) is 5.52. The summed E-state index contributed by atoms with van der Waals surface area (Å²) in [5, 5.41) is 0. The third kappa shape index (κ3) is 2.66. The van der Waals surface area contributed by atoms with Gasteiger partial charge in [0.1, 0.15) is 0 Å². The molecule has 1 aromatic carbocycles. The third-order valence-corrected chi connectivity index (χ3v) is 3.02. The van der Waals surface area contributed by atoms with E-state index in [0.717, 1.165) is 5.56 Å². The Hall–Kier alpha value is -1.15. The molecule has 1 fully saturated rings. The molecule has 0 radical (unpaired) electrons. The Balaban J connectivity index is 1.97. The van der Waals surface area contributed by atoms with Crippen molar-refractivity contribution in [3.63, 3.8) is 0 Å². The molecule has 0 saturated heterocycles. The number of nitrogens with two attached hydrogens (primary N) is 1. The summed E-state index contributed by atoms with van der Waals surface area (Å²) in [6.07, 6.45) is 2.89. The van der Waals surface area contributed by atoms with Crippen LogP contribution in [-0.4, -0.2) is 11.8 Å². The lowest BCUT2D eigenvalue weighted by Crippen LogP contribution is -2.25. The molecule has 0 aromatic heterocycles. The normalized spacial score (nSPS) is 17.5. The Morgan fingerprint density at radius 2 is 2.00 bits per heavy atom. The minimum atomic E-state index is 0.0683. The Morgan fingerprint density at radius 1 is 1.40 bits per heavy atom. The smallest absolute Gasteiger partial charge is 0.164 e. The van der Waals surface area contributed by atoms with Gasteiger partial charge in [-0.2, -0.15) is 0 Å². The lowest BCUT2D eigenvalue weighted by Gasteiger charge is -2.08. The average Bonchev–Trinajstić information content (AvgIpc) is 3.01. The van der Waals surface area contributed by atoms with Crippen LogP contribution in [0.25, 0.3) is 0 Å². The van der Waals surface area contributed by atoms with Gasteiger partial charge in [0.05, 0.1) is 0 Å². The number of ketones is 1. The van der Waals surface area contributed by atoms with Crippen molar-refractivity contribution in [2.24, 2.45) is 11.7 Å². The topological polar surface area (TPSA) is 43.1 Å². The zero-order valence-corrected chi connectivity index (χ0v) is 9.07. The maximum atomic E-state index is 11.8. The Bertz CT molecular complexity index is 351. The number of aryl methyl sites for hydroxylation is 1. The van der Waals surface area contributed by atoms with Crippen LogP contribution >= 0.6 is 0 Å². The van der Waals surface area contributed by atoms with Crippen LogP contribution in [0.4, 0.5) is 0 Å². The second kappa shape index (κ2) is 4.15. The number of rotatable bonds is 4. The number of hydrogen-bond donors (Lipinski definition) is 1. The van der Waals surface area contributed by atoms with Gasteiger partial charge in [0, 0.05) is 18.0 Å². The van der Waals surface area contributed by atoms with Gasteiger partial charge in [0.25, 0.3) is 0 Å². The van der Waals surface area contributed by atoms with Crippen LogP contribution in [-0.2, 0) is 0 Å². The van der Waals surface area contributed by atoms with Gasteiger partial charge in [0.15, 0.2) is 5.78 Å². The summed E-state index contributed by atoms with van der Waals surface area (Å²) in [7, 11) is 0. The number of carbonyl (C=O) groups excluding carboxylic acids is 1. The van der Waals surface area contributed by atoms with Crippen molar-refractivity contribution in [3.05, 3.63) is 35.4 Å². The molecule has 1 aromatic rings. The van der Waals surface area contributed by atoms with Crippen LogP contribution < -0.4 is 5.73 Å². The molecule has 1 atom stereocenters. The van der Waals surface area contributed by atoms with E-state index in [-0.39, 0.29) is 11.8 Å². The molecule has 1 aliphatic rings. The summed E-state index contributed by atoms with van der Waals surface area (Å²) >= 11 is 0. The van der Waals surface area contributed by atoms with E-state index in [4.69, 9.17) is 5.73 Å². The summed E-state index contributed by atoms with van der Waals surface area (Å²) < 4.78 is 0. The fourth-order valence-electron chi connectivity index (χ4n) is 1.76. The Kier molecular flexibility index (Phi) is 2.87. The predicted octanol–water partition coefficient (Wildman–Crippen LogP) is 2.31. The van der Waals surface area contributed by atoms with E-state index in [9.17, 15) is 4.79 Å². The largest absolute Gasteiger partial charge is 0.327 e. The predicted molar refractivity (Wildman–Crippen MR) is 60.8 cm³/mol. The molecule has 15 heavy (non-hydrogen) atoms. The Morgan fingerprint density at radius 3 is 2.53 bits per heavy atom. The van der Waals surface area contributed by atoms with E-state index >= 15 is 0 Å². The van der Waals surface area contributed by atoms with Crippen LogP contribution in [0.3, 0.4) is 0 Å². The SMILES string of the molecule is Cc1ccc(C(=O)CC(N)C2CC2)cc1. The molecular weight excluding hydrogens is 186 g/mol. The lowest BCUT2D eigenvalue weighted by molar-refractivity contribution is 0.0971. The summed E-state index contributed by atoms with van der Waals surface area (Å²) in [5.74, 6) is 0.772. The monoisotopic (exact) mass is 203 g/mol. The highest BCUT2D eigenvalue weighted by molar-refractivity contribution is 5.96. The minimum Gasteiger partial charge on any atom is -0.327 e. The first kappa shape index (κ1) is 10.4. The number of benzene rings is 1. The van der Waals surface area contributed by atoms with E-state index in [0.29, 0.717) is 12.3 Å². The fraction of sp³-hybridized carbons (Fsp3) is 0.462. The van der Waals surface area contributed by atoms with Gasteiger partial charge >= 0.3 is 0 Å². The molecule has 2 N–H and O–H groups in total. The highest BCUT2D eigenvalue weighted by atomic mass is 16.1. The van der Waals surface area contributed by atoms with E-state index in [2.05, 4.69) is 0 Å². The van der Waals surface area contributed by atoms with E-state index in [1.807, 2.05) is 31.2 Å². The number of Topliss-reactive ketones (excluding diaryl/α,β-unsaturated/α-hetero) is 1. The van der Waals surface area contributed by atoms with Crippen LogP contribution in [0.15, 0.2) is 24.3 Å². The van der Waals surface area contributed by atoms with Crippen molar-refractivity contribution in [2.75, 3.05) is 0 Å². The molecule has 1 aliphatic carbocycles. The maximum absolute atomic E-state index is 11.8. The average molecular weight is 203 g/mol. The molecule has 1 saturated carbocycles.